The van der Waals surface area contributed by atoms with Gasteiger partial charge in [0.05, 0.1) is 0 Å². The standard InChI is InChI=1S/C12H26O.Ti/c1-3-5-7-9-11-13-12-10-8-6-4-2;/h3-12H2,1-2H3;. The quantitative estimate of drug-likeness (QED) is 0.407. The molecule has 0 aliphatic heterocycles. The van der Waals surface area contributed by atoms with Gasteiger partial charge < -0.3 is 4.74 Å². The maximum atomic E-state index is 5.53. The fourth-order valence-corrected chi connectivity index (χ4v) is 1.36. The Bertz CT molecular complexity index is 76.4. The molecule has 0 saturated carbocycles. The van der Waals surface area contributed by atoms with Crippen molar-refractivity contribution in [2.24, 2.45) is 0 Å². The van der Waals surface area contributed by atoms with E-state index >= 15 is 0 Å². The molecule has 0 saturated heterocycles. The molecule has 0 N–H and O–H groups in total. The van der Waals surface area contributed by atoms with Crippen molar-refractivity contribution in [3.63, 3.8) is 0 Å². The first-order valence-corrected chi connectivity index (χ1v) is 5.99. The van der Waals surface area contributed by atoms with E-state index in [1.165, 1.54) is 51.4 Å². The largest absolute Gasteiger partial charge is 0.381 e. The van der Waals surface area contributed by atoms with E-state index in [-0.39, 0.29) is 21.7 Å². The van der Waals surface area contributed by atoms with Crippen LogP contribution in [0.3, 0.4) is 0 Å². The molecule has 0 aromatic heterocycles. The summed E-state index contributed by atoms with van der Waals surface area (Å²) in [6.45, 7) is 6.44. The SMILES string of the molecule is CCCCCCOCCCCCC.[Ti]. The summed E-state index contributed by atoms with van der Waals surface area (Å²) in [5, 5.41) is 0. The molecule has 2 heteroatoms. The Kier molecular flexibility index (Phi) is 19.7. The summed E-state index contributed by atoms with van der Waals surface area (Å²) in [7, 11) is 0. The van der Waals surface area contributed by atoms with Crippen molar-refractivity contribution in [2.45, 2.75) is 65.2 Å². The molecule has 0 spiro atoms. The van der Waals surface area contributed by atoms with Crippen LogP contribution >= 0.6 is 0 Å². The average molecular weight is 234 g/mol. The molecule has 1 nitrogen and oxygen atoms in total. The van der Waals surface area contributed by atoms with E-state index < -0.39 is 0 Å². The van der Waals surface area contributed by atoms with Gasteiger partial charge in [0.15, 0.2) is 0 Å². The van der Waals surface area contributed by atoms with E-state index in [0.29, 0.717) is 0 Å². The molecule has 0 amide bonds. The number of unbranched alkanes of at least 4 members (excludes halogenated alkanes) is 6. The molecule has 0 aliphatic carbocycles. The van der Waals surface area contributed by atoms with Gasteiger partial charge in [0.25, 0.3) is 0 Å². The van der Waals surface area contributed by atoms with Gasteiger partial charge in [-0.3, -0.25) is 0 Å². The topological polar surface area (TPSA) is 9.23 Å². The Morgan fingerprint density at radius 2 is 1.07 bits per heavy atom. The van der Waals surface area contributed by atoms with Crippen LogP contribution in [0.4, 0.5) is 0 Å². The van der Waals surface area contributed by atoms with Crippen LogP contribution in [-0.4, -0.2) is 13.2 Å². The summed E-state index contributed by atoms with van der Waals surface area (Å²) in [6, 6.07) is 0. The number of hydrogen-bond donors (Lipinski definition) is 0. The molecule has 0 fully saturated rings. The third-order valence-electron chi connectivity index (χ3n) is 2.28. The van der Waals surface area contributed by atoms with E-state index in [0.717, 1.165) is 13.2 Å². The third-order valence-corrected chi connectivity index (χ3v) is 2.28. The van der Waals surface area contributed by atoms with Gasteiger partial charge in [-0.05, 0) is 12.8 Å². The normalized spacial score (nSPS) is 9.86. The van der Waals surface area contributed by atoms with Crippen molar-refractivity contribution in [1.82, 2.24) is 0 Å². The van der Waals surface area contributed by atoms with E-state index in [4.69, 9.17) is 4.74 Å². The van der Waals surface area contributed by atoms with Gasteiger partial charge in [-0.1, -0.05) is 52.4 Å². The third kappa shape index (κ3) is 15.2. The van der Waals surface area contributed by atoms with Crippen LogP contribution in [0.25, 0.3) is 0 Å². The second-order valence-electron chi connectivity index (χ2n) is 3.73. The van der Waals surface area contributed by atoms with Crippen LogP contribution < -0.4 is 0 Å². The van der Waals surface area contributed by atoms with Crippen molar-refractivity contribution < 1.29 is 26.5 Å². The molecule has 84 valence electrons. The first-order chi connectivity index (χ1) is 6.41. The molecular formula is C12H26OTi. The fraction of sp³-hybridized carbons (Fsp3) is 1.00. The van der Waals surface area contributed by atoms with Crippen LogP contribution in [0.2, 0.25) is 0 Å². The van der Waals surface area contributed by atoms with E-state index in [1.807, 2.05) is 0 Å². The van der Waals surface area contributed by atoms with Crippen molar-refractivity contribution in [3.8, 4) is 0 Å². The second-order valence-corrected chi connectivity index (χ2v) is 3.73. The van der Waals surface area contributed by atoms with Gasteiger partial charge in [0.1, 0.15) is 0 Å². The summed E-state index contributed by atoms with van der Waals surface area (Å²) in [4.78, 5) is 0. The summed E-state index contributed by atoms with van der Waals surface area (Å²) in [6.07, 6.45) is 10.5. The van der Waals surface area contributed by atoms with Gasteiger partial charge >= 0.3 is 0 Å². The summed E-state index contributed by atoms with van der Waals surface area (Å²) in [5.41, 5.74) is 0. The zero-order valence-corrected chi connectivity index (χ0v) is 11.5. The van der Waals surface area contributed by atoms with Gasteiger partial charge in [-0.15, -0.1) is 0 Å². The maximum absolute atomic E-state index is 5.53. The zero-order valence-electron chi connectivity index (χ0n) is 9.98. The molecule has 0 radical (unpaired) electrons. The number of hydrogen-bond acceptors (Lipinski definition) is 1. The van der Waals surface area contributed by atoms with Gasteiger partial charge in [0.2, 0.25) is 0 Å². The molecule has 14 heavy (non-hydrogen) atoms. The first kappa shape index (κ1) is 17.1. The predicted molar refractivity (Wildman–Crippen MR) is 59.1 cm³/mol. The maximum Gasteiger partial charge on any atom is 0.0466 e. The number of rotatable bonds is 10. The van der Waals surface area contributed by atoms with E-state index in [9.17, 15) is 0 Å². The molecule has 0 unspecified atom stereocenters. The van der Waals surface area contributed by atoms with Crippen LogP contribution in [0.15, 0.2) is 0 Å². The molecule has 0 atom stereocenters. The second kappa shape index (κ2) is 16.1. The Balaban J connectivity index is 0. The van der Waals surface area contributed by atoms with Crippen LogP contribution in [-0.2, 0) is 26.5 Å². The van der Waals surface area contributed by atoms with Crippen molar-refractivity contribution in [2.75, 3.05) is 13.2 Å². The molecular weight excluding hydrogens is 208 g/mol. The van der Waals surface area contributed by atoms with Crippen LogP contribution in [0.5, 0.6) is 0 Å². The molecule has 0 heterocycles. The molecule has 0 aromatic carbocycles. The first-order valence-electron chi connectivity index (χ1n) is 5.99. The predicted octanol–water partition coefficient (Wildman–Crippen LogP) is 4.16. The zero-order chi connectivity index (χ0) is 9.78. The Morgan fingerprint density at radius 1 is 0.643 bits per heavy atom. The summed E-state index contributed by atoms with van der Waals surface area (Å²) in [5.74, 6) is 0. The average Bonchev–Trinajstić information content (AvgIpc) is 2.16. The summed E-state index contributed by atoms with van der Waals surface area (Å²) < 4.78 is 5.53. The minimum atomic E-state index is 0. The van der Waals surface area contributed by atoms with Gasteiger partial charge in [0, 0.05) is 34.9 Å². The van der Waals surface area contributed by atoms with Gasteiger partial charge in [-0.2, -0.15) is 0 Å². The number of ether oxygens (including phenoxy) is 1. The van der Waals surface area contributed by atoms with Crippen molar-refractivity contribution >= 4 is 0 Å². The van der Waals surface area contributed by atoms with Crippen LogP contribution in [0, 0.1) is 0 Å². The monoisotopic (exact) mass is 234 g/mol. The Hall–Kier alpha value is 0.674. The molecule has 0 aliphatic rings. The van der Waals surface area contributed by atoms with E-state index in [2.05, 4.69) is 13.8 Å². The Labute approximate surface area is 105 Å². The smallest absolute Gasteiger partial charge is 0.0466 e. The van der Waals surface area contributed by atoms with E-state index in [1.54, 1.807) is 0 Å². The molecule has 0 rings (SSSR count). The minimum Gasteiger partial charge on any atom is -0.381 e. The fourth-order valence-electron chi connectivity index (χ4n) is 1.36. The Morgan fingerprint density at radius 3 is 1.43 bits per heavy atom. The summed E-state index contributed by atoms with van der Waals surface area (Å²) >= 11 is 0. The van der Waals surface area contributed by atoms with Gasteiger partial charge in [-0.25, -0.2) is 0 Å². The van der Waals surface area contributed by atoms with Crippen molar-refractivity contribution in [1.29, 1.82) is 0 Å². The molecule has 0 bridgehead atoms. The molecule has 0 aromatic rings. The minimum absolute atomic E-state index is 0. The van der Waals surface area contributed by atoms with Crippen molar-refractivity contribution in [3.05, 3.63) is 0 Å². The van der Waals surface area contributed by atoms with Crippen LogP contribution in [0.1, 0.15) is 65.2 Å².